The van der Waals surface area contributed by atoms with Gasteiger partial charge in [-0.3, -0.25) is 19.2 Å². The van der Waals surface area contributed by atoms with Gasteiger partial charge in [-0.2, -0.15) is 0 Å². The van der Waals surface area contributed by atoms with E-state index < -0.39 is 11.4 Å². The fourth-order valence-electron chi connectivity index (χ4n) is 1.71. The lowest BCUT2D eigenvalue weighted by Gasteiger charge is -2.18. The van der Waals surface area contributed by atoms with E-state index in [1.54, 1.807) is 12.1 Å². The average Bonchev–Trinajstić information content (AvgIpc) is 2.55. The van der Waals surface area contributed by atoms with Crippen molar-refractivity contribution in [2.45, 2.75) is 19.6 Å². The summed E-state index contributed by atoms with van der Waals surface area (Å²) in [5, 5.41) is 22.6. The van der Waals surface area contributed by atoms with Crippen molar-refractivity contribution in [3.8, 4) is 0 Å². The number of nitrogens with one attached hydrogen (secondary N) is 2. The van der Waals surface area contributed by atoms with Crippen molar-refractivity contribution in [2.24, 2.45) is 0 Å². The smallest absolute Gasteiger partial charge is 0.243 e. The van der Waals surface area contributed by atoms with Gasteiger partial charge >= 0.3 is 0 Å². The van der Waals surface area contributed by atoms with Crippen LogP contribution in [0.2, 0.25) is 0 Å². The van der Waals surface area contributed by atoms with Crippen molar-refractivity contribution < 1.29 is 24.4 Å². The Labute approximate surface area is 142 Å². The van der Waals surface area contributed by atoms with E-state index in [2.05, 4.69) is 15.5 Å². The summed E-state index contributed by atoms with van der Waals surface area (Å²) < 4.78 is 0. The van der Waals surface area contributed by atoms with Gasteiger partial charge in [-0.15, -0.1) is 5.39 Å². The lowest BCUT2D eigenvalue weighted by atomic mass is 10.2. The predicted molar refractivity (Wildman–Crippen MR) is 86.7 cm³/mol. The molecule has 1 rings (SSSR count). The van der Waals surface area contributed by atoms with Crippen LogP contribution in [0.25, 0.3) is 0 Å². The molecule has 132 valence electrons. The summed E-state index contributed by atoms with van der Waals surface area (Å²) in [4.78, 5) is 39.2. The minimum absolute atomic E-state index is 0.0958. The van der Waals surface area contributed by atoms with Gasteiger partial charge in [0, 0.05) is 25.3 Å². The first-order valence-electron chi connectivity index (χ1n) is 6.87. The average molecular weight is 356 g/mol. The number of carbonyl (C=O) groups is 3. The first-order valence-corrected chi connectivity index (χ1v) is 7.86. The van der Waals surface area contributed by atoms with Crippen LogP contribution in [-0.4, -0.2) is 46.4 Å². The van der Waals surface area contributed by atoms with Crippen LogP contribution in [0.5, 0.6) is 0 Å². The van der Waals surface area contributed by atoms with Crippen LogP contribution in [0.3, 0.4) is 0 Å². The molecule has 0 heterocycles. The fourth-order valence-corrected chi connectivity index (χ4v) is 2.57. The number of nitrogens with zero attached hydrogens (tertiary/aromatic N) is 1. The summed E-state index contributed by atoms with van der Waals surface area (Å²) in [6.45, 7) is 1.15. The van der Waals surface area contributed by atoms with Crippen molar-refractivity contribution in [1.29, 1.82) is 0 Å². The fraction of sp³-hybridized carbons (Fsp3) is 0.357. The molecule has 0 radical (unpaired) electrons. The highest BCUT2D eigenvalue weighted by Gasteiger charge is 2.20. The van der Waals surface area contributed by atoms with E-state index in [1.807, 2.05) is 0 Å². The molecule has 0 fully saturated rings. The quantitative estimate of drug-likeness (QED) is 0.572. The van der Waals surface area contributed by atoms with Crippen LogP contribution in [0, 0.1) is 5.21 Å². The monoisotopic (exact) mass is 356 g/mol. The Morgan fingerprint density at radius 1 is 1.33 bits per heavy atom. The molecule has 1 atom stereocenters. The van der Waals surface area contributed by atoms with Crippen LogP contribution in [-0.2, 0) is 21.0 Å². The summed E-state index contributed by atoms with van der Waals surface area (Å²) in [5.41, 5.74) is 0.984. The highest BCUT2D eigenvalue weighted by molar-refractivity contribution is 8.14. The van der Waals surface area contributed by atoms with Gasteiger partial charge in [-0.1, -0.05) is 36.0 Å². The molecular weight excluding hydrogens is 338 g/mol. The van der Waals surface area contributed by atoms with Crippen molar-refractivity contribution in [3.63, 3.8) is 0 Å². The number of hydrogen-bond donors (Lipinski definition) is 3. The molecule has 0 spiro atoms. The normalized spacial score (nSPS) is 11.9. The van der Waals surface area contributed by atoms with Crippen LogP contribution >= 0.6 is 11.8 Å². The Morgan fingerprint density at radius 2 is 1.96 bits per heavy atom. The highest BCUT2D eigenvalue weighted by Crippen LogP contribution is 2.15. The SMILES string of the molecule is CNC(=O)[C@H](CSC(=O)c1ccc(CON([O-])O)cc1)NC(C)=O. The second-order valence-corrected chi connectivity index (χ2v) is 5.67. The Kier molecular flexibility index (Phi) is 8.36. The maximum absolute atomic E-state index is 12.1. The third-order valence-electron chi connectivity index (χ3n) is 2.85. The third kappa shape index (κ3) is 7.06. The molecule has 0 saturated heterocycles. The van der Waals surface area contributed by atoms with Crippen LogP contribution in [0.4, 0.5) is 0 Å². The van der Waals surface area contributed by atoms with E-state index in [0.717, 1.165) is 11.8 Å². The summed E-state index contributed by atoms with van der Waals surface area (Å²) >= 11 is 0.903. The largest absolute Gasteiger partial charge is 0.738 e. The zero-order valence-electron chi connectivity index (χ0n) is 13.1. The summed E-state index contributed by atoms with van der Waals surface area (Å²) in [6.07, 6.45) is 0. The summed E-state index contributed by atoms with van der Waals surface area (Å²) in [6, 6.07) is 5.41. The topological polar surface area (TPSA) is 131 Å². The van der Waals surface area contributed by atoms with E-state index in [1.165, 1.54) is 26.1 Å². The number of benzene rings is 1. The second kappa shape index (κ2) is 10.0. The first-order chi connectivity index (χ1) is 11.3. The molecule has 2 amide bonds. The standard InChI is InChI=1S/C14H18N3O6S/c1-9(18)16-12(13(19)15-2)8-24-14(20)11-5-3-10(4-6-11)7-23-17(21)22/h3-6,12,21H,7-8H2,1-2H3,(H,15,19)(H,16,18)/q-1/t12-/m0/s1. The van der Waals surface area contributed by atoms with E-state index in [4.69, 9.17) is 5.21 Å². The molecule has 0 saturated carbocycles. The van der Waals surface area contributed by atoms with E-state index >= 15 is 0 Å². The number of amides is 2. The number of likely N-dealkylation sites (N-methyl/N-ethyl adjacent to an activating group) is 1. The molecule has 0 aliphatic rings. The number of rotatable bonds is 8. The summed E-state index contributed by atoms with van der Waals surface area (Å²) in [7, 11) is 1.44. The van der Waals surface area contributed by atoms with E-state index in [0.29, 0.717) is 11.1 Å². The number of hydrogen-bond acceptors (Lipinski definition) is 8. The molecular formula is C14H18N3O6S-. The first kappa shape index (κ1) is 20.1. The van der Waals surface area contributed by atoms with Gasteiger partial charge in [-0.25, -0.2) is 0 Å². The molecule has 10 heteroatoms. The van der Waals surface area contributed by atoms with Gasteiger partial charge in [0.15, 0.2) is 0 Å². The molecule has 1 aromatic rings. The molecule has 3 N–H and O–H groups in total. The Morgan fingerprint density at radius 3 is 2.46 bits per heavy atom. The molecule has 0 unspecified atom stereocenters. The zero-order chi connectivity index (χ0) is 18.1. The van der Waals surface area contributed by atoms with Crippen LogP contribution < -0.4 is 10.6 Å². The second-order valence-electron chi connectivity index (χ2n) is 4.67. The minimum Gasteiger partial charge on any atom is -0.738 e. The van der Waals surface area contributed by atoms with Gasteiger partial charge in [0.25, 0.3) is 0 Å². The molecule has 0 aliphatic heterocycles. The summed E-state index contributed by atoms with van der Waals surface area (Å²) in [5.74, 6) is -0.653. The van der Waals surface area contributed by atoms with Crippen LogP contribution in [0.1, 0.15) is 22.8 Å². The molecule has 9 nitrogen and oxygen atoms in total. The van der Waals surface area contributed by atoms with Crippen LogP contribution in [0.15, 0.2) is 24.3 Å². The zero-order valence-corrected chi connectivity index (χ0v) is 14.0. The Balaban J connectivity index is 2.59. The maximum Gasteiger partial charge on any atom is 0.243 e. The number of thioether (sulfide) groups is 1. The van der Waals surface area contributed by atoms with Crippen molar-refractivity contribution >= 4 is 28.7 Å². The van der Waals surface area contributed by atoms with Gasteiger partial charge in [0.2, 0.25) is 16.9 Å². The number of carbonyl (C=O) groups excluding carboxylic acids is 3. The molecule has 0 bridgehead atoms. The van der Waals surface area contributed by atoms with Gasteiger partial charge in [0.1, 0.15) is 6.04 Å². The maximum atomic E-state index is 12.1. The van der Waals surface area contributed by atoms with Gasteiger partial charge in [0.05, 0.1) is 6.61 Å². The lowest BCUT2D eigenvalue weighted by Crippen LogP contribution is -2.46. The highest BCUT2D eigenvalue weighted by atomic mass is 32.2. The predicted octanol–water partition coefficient (Wildman–Crippen LogP) is 0.431. The van der Waals surface area contributed by atoms with Gasteiger partial charge < -0.3 is 21.0 Å². The Hall–Kier alpha value is -1.98. The van der Waals surface area contributed by atoms with E-state index in [9.17, 15) is 19.6 Å². The lowest BCUT2D eigenvalue weighted by molar-refractivity contribution is -0.312. The van der Waals surface area contributed by atoms with Crippen molar-refractivity contribution in [2.75, 3.05) is 12.8 Å². The molecule has 0 aromatic heterocycles. The van der Waals surface area contributed by atoms with Crippen molar-refractivity contribution in [3.05, 3.63) is 40.6 Å². The van der Waals surface area contributed by atoms with Crippen molar-refractivity contribution in [1.82, 2.24) is 16.0 Å². The third-order valence-corrected chi connectivity index (χ3v) is 3.85. The van der Waals surface area contributed by atoms with Gasteiger partial charge in [-0.05, 0) is 5.56 Å². The van der Waals surface area contributed by atoms with E-state index in [-0.39, 0.29) is 29.3 Å². The Bertz CT molecular complexity index is 578. The molecule has 24 heavy (non-hydrogen) atoms. The molecule has 1 aromatic carbocycles. The minimum atomic E-state index is -0.804. The molecule has 0 aliphatic carbocycles.